The summed E-state index contributed by atoms with van der Waals surface area (Å²) in [4.78, 5) is 4.76. The van der Waals surface area contributed by atoms with Gasteiger partial charge in [0.05, 0.1) is 21.3 Å². The largest absolute Gasteiger partial charge is 0.496 e. The molecular formula is C22H30N2O3. The van der Waals surface area contributed by atoms with Crippen molar-refractivity contribution in [1.29, 1.82) is 0 Å². The van der Waals surface area contributed by atoms with Gasteiger partial charge in [0.1, 0.15) is 22.9 Å². The average molecular weight is 370 g/mol. The summed E-state index contributed by atoms with van der Waals surface area (Å²) in [5.74, 6) is 2.28. The lowest BCUT2D eigenvalue weighted by Gasteiger charge is -2.39. The van der Waals surface area contributed by atoms with E-state index in [-0.39, 0.29) is 0 Å². The van der Waals surface area contributed by atoms with Gasteiger partial charge in [-0.2, -0.15) is 0 Å². The number of nitrogens with zero attached hydrogens (tertiary/aromatic N) is 2. The summed E-state index contributed by atoms with van der Waals surface area (Å²) < 4.78 is 16.6. The molecule has 0 unspecified atom stereocenters. The number of piperidine rings is 1. The Kier molecular flexibility index (Phi) is 5.99. The molecule has 1 saturated heterocycles. The molecule has 0 amide bonds. The number of rotatable bonds is 6. The Balaban J connectivity index is 1.75. The normalized spacial score (nSPS) is 14.8. The molecule has 3 rings (SSSR count). The molecule has 2 aromatic rings. The smallest absolute Gasteiger partial charge is 0.149 e. The van der Waals surface area contributed by atoms with Gasteiger partial charge in [-0.05, 0) is 31.9 Å². The maximum atomic E-state index is 5.63. The highest BCUT2D eigenvalue weighted by molar-refractivity contribution is 5.70. The number of benzene rings is 2. The fourth-order valence-electron chi connectivity index (χ4n) is 3.78. The molecule has 146 valence electrons. The fourth-order valence-corrected chi connectivity index (χ4v) is 3.78. The first-order valence-corrected chi connectivity index (χ1v) is 9.41. The molecule has 1 heterocycles. The Hall–Kier alpha value is -2.56. The van der Waals surface area contributed by atoms with E-state index in [0.717, 1.165) is 48.9 Å². The van der Waals surface area contributed by atoms with Gasteiger partial charge in [-0.25, -0.2) is 0 Å². The first kappa shape index (κ1) is 19.2. The first-order valence-electron chi connectivity index (χ1n) is 9.41. The van der Waals surface area contributed by atoms with Crippen molar-refractivity contribution in [3.05, 3.63) is 42.0 Å². The lowest BCUT2D eigenvalue weighted by molar-refractivity contribution is 0.372. The minimum Gasteiger partial charge on any atom is -0.496 e. The molecule has 1 fully saturated rings. The van der Waals surface area contributed by atoms with E-state index in [1.807, 2.05) is 12.1 Å². The zero-order valence-electron chi connectivity index (χ0n) is 17.0. The lowest BCUT2D eigenvalue weighted by Crippen LogP contribution is -2.43. The van der Waals surface area contributed by atoms with Crippen LogP contribution >= 0.6 is 0 Å². The van der Waals surface area contributed by atoms with Crippen LogP contribution < -0.4 is 24.0 Å². The standard InChI is InChI=1S/C22H30N2O3/c1-16-6-8-18(9-7-16)24-12-10-17(11-13-24)23(2)22-20(26-4)14-19(25-3)15-21(22)27-5/h6-9,14-15,17H,10-13H2,1-5H3. The molecule has 0 aliphatic carbocycles. The lowest BCUT2D eigenvalue weighted by atomic mass is 10.0. The minimum atomic E-state index is 0.433. The van der Waals surface area contributed by atoms with Gasteiger partial charge in [0.15, 0.2) is 0 Å². The van der Waals surface area contributed by atoms with Crippen LogP contribution in [0.2, 0.25) is 0 Å². The van der Waals surface area contributed by atoms with Crippen LogP contribution in [0.4, 0.5) is 11.4 Å². The summed E-state index contributed by atoms with van der Waals surface area (Å²) in [6.45, 7) is 4.21. The van der Waals surface area contributed by atoms with Crippen LogP contribution in [0.15, 0.2) is 36.4 Å². The van der Waals surface area contributed by atoms with E-state index in [9.17, 15) is 0 Å². The van der Waals surface area contributed by atoms with E-state index in [4.69, 9.17) is 14.2 Å². The van der Waals surface area contributed by atoms with Crippen molar-refractivity contribution in [2.45, 2.75) is 25.8 Å². The topological polar surface area (TPSA) is 34.2 Å². The Bertz CT molecular complexity index is 728. The molecule has 27 heavy (non-hydrogen) atoms. The Morgan fingerprint density at radius 3 is 1.93 bits per heavy atom. The van der Waals surface area contributed by atoms with Crippen molar-refractivity contribution in [2.75, 3.05) is 51.3 Å². The van der Waals surface area contributed by atoms with E-state index < -0.39 is 0 Å². The molecule has 0 saturated carbocycles. The van der Waals surface area contributed by atoms with Gasteiger partial charge in [0.2, 0.25) is 0 Å². The predicted octanol–water partition coefficient (Wildman–Crippen LogP) is 4.13. The van der Waals surface area contributed by atoms with Gasteiger partial charge in [0, 0.05) is 44.0 Å². The van der Waals surface area contributed by atoms with Gasteiger partial charge in [-0.15, -0.1) is 0 Å². The number of ether oxygens (including phenoxy) is 3. The van der Waals surface area contributed by atoms with Crippen LogP contribution in [-0.4, -0.2) is 47.5 Å². The van der Waals surface area contributed by atoms with Crippen LogP contribution in [0.5, 0.6) is 17.2 Å². The Morgan fingerprint density at radius 2 is 1.44 bits per heavy atom. The number of hydrogen-bond donors (Lipinski definition) is 0. The molecule has 0 aromatic heterocycles. The maximum Gasteiger partial charge on any atom is 0.149 e. The van der Waals surface area contributed by atoms with E-state index in [0.29, 0.717) is 6.04 Å². The SMILES string of the molecule is COc1cc(OC)c(N(C)C2CCN(c3ccc(C)cc3)CC2)c(OC)c1. The van der Waals surface area contributed by atoms with Crippen molar-refractivity contribution in [3.63, 3.8) is 0 Å². The highest BCUT2D eigenvalue weighted by atomic mass is 16.5. The molecule has 0 bridgehead atoms. The third-order valence-corrected chi connectivity index (χ3v) is 5.45. The second-order valence-corrected chi connectivity index (χ2v) is 7.05. The minimum absolute atomic E-state index is 0.433. The summed E-state index contributed by atoms with van der Waals surface area (Å²) in [5, 5.41) is 0. The van der Waals surface area contributed by atoms with Crippen molar-refractivity contribution >= 4 is 11.4 Å². The van der Waals surface area contributed by atoms with E-state index >= 15 is 0 Å². The summed E-state index contributed by atoms with van der Waals surface area (Å²) >= 11 is 0. The molecule has 0 N–H and O–H groups in total. The summed E-state index contributed by atoms with van der Waals surface area (Å²) in [6, 6.07) is 13.1. The molecule has 0 radical (unpaired) electrons. The molecule has 2 aromatic carbocycles. The monoisotopic (exact) mass is 370 g/mol. The van der Waals surface area contributed by atoms with Crippen LogP contribution in [0.1, 0.15) is 18.4 Å². The maximum absolute atomic E-state index is 5.63. The van der Waals surface area contributed by atoms with Crippen molar-refractivity contribution in [3.8, 4) is 17.2 Å². The van der Waals surface area contributed by atoms with Gasteiger partial charge in [-0.3, -0.25) is 0 Å². The molecule has 1 aliphatic heterocycles. The van der Waals surface area contributed by atoms with Gasteiger partial charge >= 0.3 is 0 Å². The molecule has 5 nitrogen and oxygen atoms in total. The predicted molar refractivity (Wildman–Crippen MR) is 111 cm³/mol. The highest BCUT2D eigenvalue weighted by Gasteiger charge is 2.27. The number of aryl methyl sites for hydroxylation is 1. The van der Waals surface area contributed by atoms with Crippen LogP contribution in [-0.2, 0) is 0 Å². The Labute approximate surface area is 162 Å². The third-order valence-electron chi connectivity index (χ3n) is 5.45. The quantitative estimate of drug-likeness (QED) is 0.764. The summed E-state index contributed by atoms with van der Waals surface area (Å²) in [7, 11) is 7.15. The molecule has 0 atom stereocenters. The second kappa shape index (κ2) is 8.42. The zero-order valence-corrected chi connectivity index (χ0v) is 17.0. The number of anilines is 2. The van der Waals surface area contributed by atoms with Crippen molar-refractivity contribution in [1.82, 2.24) is 0 Å². The average Bonchev–Trinajstić information content (AvgIpc) is 2.72. The first-order chi connectivity index (χ1) is 13.1. The Morgan fingerprint density at radius 1 is 0.889 bits per heavy atom. The van der Waals surface area contributed by atoms with Gasteiger partial charge < -0.3 is 24.0 Å². The number of methoxy groups -OCH3 is 3. The van der Waals surface area contributed by atoms with E-state index in [1.54, 1.807) is 21.3 Å². The van der Waals surface area contributed by atoms with Crippen LogP contribution in [0.25, 0.3) is 0 Å². The van der Waals surface area contributed by atoms with Crippen LogP contribution in [0, 0.1) is 6.92 Å². The summed E-state index contributed by atoms with van der Waals surface area (Å²) in [6.07, 6.45) is 2.17. The highest BCUT2D eigenvalue weighted by Crippen LogP contribution is 2.42. The van der Waals surface area contributed by atoms with Gasteiger partial charge in [-0.1, -0.05) is 17.7 Å². The summed E-state index contributed by atoms with van der Waals surface area (Å²) in [5.41, 5.74) is 3.59. The van der Waals surface area contributed by atoms with Crippen molar-refractivity contribution in [2.24, 2.45) is 0 Å². The van der Waals surface area contributed by atoms with Crippen LogP contribution in [0.3, 0.4) is 0 Å². The third kappa shape index (κ3) is 4.07. The molecular weight excluding hydrogens is 340 g/mol. The van der Waals surface area contributed by atoms with Crippen molar-refractivity contribution < 1.29 is 14.2 Å². The van der Waals surface area contributed by atoms with E-state index in [2.05, 4.69) is 48.0 Å². The van der Waals surface area contributed by atoms with Gasteiger partial charge in [0.25, 0.3) is 0 Å². The van der Waals surface area contributed by atoms with E-state index in [1.165, 1.54) is 11.3 Å². The zero-order chi connectivity index (χ0) is 19.4. The number of hydrogen-bond acceptors (Lipinski definition) is 5. The molecule has 1 aliphatic rings. The fraction of sp³-hybridized carbons (Fsp3) is 0.455. The molecule has 0 spiro atoms. The molecule has 5 heteroatoms. The second-order valence-electron chi connectivity index (χ2n) is 7.05.